The number of halogens is 1. The highest BCUT2D eigenvalue weighted by atomic mass is 19.1. The summed E-state index contributed by atoms with van der Waals surface area (Å²) >= 11 is 0. The zero-order valence-electron chi connectivity index (χ0n) is 15.3. The largest absolute Gasteiger partial charge is 0.322 e. The molecule has 0 aliphatic carbocycles. The number of anilines is 1. The van der Waals surface area contributed by atoms with Gasteiger partial charge in [0.2, 0.25) is 11.8 Å². The van der Waals surface area contributed by atoms with Crippen LogP contribution in [0.15, 0.2) is 42.5 Å². The van der Waals surface area contributed by atoms with E-state index in [0.29, 0.717) is 30.5 Å². The highest BCUT2D eigenvalue weighted by molar-refractivity contribution is 6.05. The van der Waals surface area contributed by atoms with E-state index >= 15 is 0 Å². The van der Waals surface area contributed by atoms with Crippen molar-refractivity contribution in [3.63, 3.8) is 0 Å². The molecule has 0 radical (unpaired) electrons. The minimum atomic E-state index is -0.740. The van der Waals surface area contributed by atoms with E-state index in [4.69, 9.17) is 0 Å². The molecule has 27 heavy (non-hydrogen) atoms. The lowest BCUT2D eigenvalue weighted by Gasteiger charge is -2.35. The van der Waals surface area contributed by atoms with Crippen LogP contribution in [0.3, 0.4) is 0 Å². The summed E-state index contributed by atoms with van der Waals surface area (Å²) < 4.78 is 13.6. The topological polar surface area (TPSA) is 75.3 Å². The zero-order chi connectivity index (χ0) is 19.6. The predicted octanol–water partition coefficient (Wildman–Crippen LogP) is 3.47. The van der Waals surface area contributed by atoms with Gasteiger partial charge in [0.25, 0.3) is 5.91 Å². The summed E-state index contributed by atoms with van der Waals surface area (Å²) in [6.45, 7) is 3.55. The Morgan fingerprint density at radius 3 is 2.48 bits per heavy atom. The fraction of sp³-hybridized carbons (Fsp3) is 0.286. The maximum absolute atomic E-state index is 13.6. The highest BCUT2D eigenvalue weighted by Gasteiger charge is 2.42. The molecule has 1 unspecified atom stereocenters. The van der Waals surface area contributed by atoms with E-state index < -0.39 is 17.1 Å². The third kappa shape index (κ3) is 3.60. The standard InChI is InChI=1S/C21H21FN2O3/c1-3-21(11-10-18(25)24-20(21)27)15-6-8-16(9-7-15)23-19(26)14-5-4-13(2)17(22)12-14/h4-9,12H,3,10-11H2,1-2H3,(H,23,26)(H,24,25,27). The number of amides is 3. The second kappa shape index (κ2) is 7.31. The monoisotopic (exact) mass is 368 g/mol. The summed E-state index contributed by atoms with van der Waals surface area (Å²) in [5.74, 6) is -1.37. The van der Waals surface area contributed by atoms with Crippen molar-refractivity contribution in [2.45, 2.75) is 38.5 Å². The van der Waals surface area contributed by atoms with Crippen molar-refractivity contribution in [1.29, 1.82) is 0 Å². The van der Waals surface area contributed by atoms with Gasteiger partial charge in [0, 0.05) is 17.7 Å². The van der Waals surface area contributed by atoms with Gasteiger partial charge in [-0.05, 0) is 55.2 Å². The van der Waals surface area contributed by atoms with Gasteiger partial charge in [-0.3, -0.25) is 19.7 Å². The van der Waals surface area contributed by atoms with Crippen molar-refractivity contribution >= 4 is 23.4 Å². The van der Waals surface area contributed by atoms with E-state index in [2.05, 4.69) is 10.6 Å². The van der Waals surface area contributed by atoms with Crippen LogP contribution in [0.2, 0.25) is 0 Å². The normalized spacial score (nSPS) is 19.5. The molecule has 1 aliphatic rings. The SMILES string of the molecule is CCC1(c2ccc(NC(=O)c3ccc(C)c(F)c3)cc2)CCC(=O)NC1=O. The molecule has 3 rings (SSSR count). The van der Waals surface area contributed by atoms with E-state index in [1.807, 2.05) is 6.92 Å². The Hall–Kier alpha value is -3.02. The second-order valence-corrected chi connectivity index (χ2v) is 6.81. The molecule has 0 bridgehead atoms. The fourth-order valence-electron chi connectivity index (χ4n) is 3.38. The maximum Gasteiger partial charge on any atom is 0.255 e. The van der Waals surface area contributed by atoms with Gasteiger partial charge in [-0.15, -0.1) is 0 Å². The van der Waals surface area contributed by atoms with Gasteiger partial charge in [0.05, 0.1) is 5.41 Å². The van der Waals surface area contributed by atoms with Gasteiger partial charge in [-0.25, -0.2) is 4.39 Å². The molecule has 140 valence electrons. The number of rotatable bonds is 4. The van der Waals surface area contributed by atoms with Crippen molar-refractivity contribution in [3.05, 3.63) is 65.0 Å². The maximum atomic E-state index is 13.6. The molecular formula is C21H21FN2O3. The molecule has 3 amide bonds. The molecule has 1 fully saturated rings. The number of aryl methyl sites for hydroxylation is 1. The first-order valence-electron chi connectivity index (χ1n) is 8.88. The van der Waals surface area contributed by atoms with Gasteiger partial charge in [0.1, 0.15) is 5.82 Å². The summed E-state index contributed by atoms with van der Waals surface area (Å²) in [5, 5.41) is 5.14. The zero-order valence-corrected chi connectivity index (χ0v) is 15.3. The summed E-state index contributed by atoms with van der Waals surface area (Å²) in [6.07, 6.45) is 1.33. The van der Waals surface area contributed by atoms with Crippen LogP contribution in [0.5, 0.6) is 0 Å². The van der Waals surface area contributed by atoms with E-state index in [1.54, 1.807) is 43.3 Å². The molecule has 1 atom stereocenters. The lowest BCUT2D eigenvalue weighted by molar-refractivity contribution is -0.138. The molecule has 1 heterocycles. The fourth-order valence-corrected chi connectivity index (χ4v) is 3.38. The number of carbonyl (C=O) groups is 3. The highest BCUT2D eigenvalue weighted by Crippen LogP contribution is 2.36. The van der Waals surface area contributed by atoms with E-state index in [9.17, 15) is 18.8 Å². The number of hydrogen-bond donors (Lipinski definition) is 2. The van der Waals surface area contributed by atoms with Crippen molar-refractivity contribution in [2.24, 2.45) is 0 Å². The smallest absolute Gasteiger partial charge is 0.255 e. The molecule has 2 aromatic rings. The first-order valence-corrected chi connectivity index (χ1v) is 8.88. The van der Waals surface area contributed by atoms with Gasteiger partial charge < -0.3 is 5.32 Å². The van der Waals surface area contributed by atoms with Crippen LogP contribution in [0.1, 0.15) is 47.7 Å². The summed E-state index contributed by atoms with van der Waals surface area (Å²) in [4.78, 5) is 36.2. The van der Waals surface area contributed by atoms with Crippen LogP contribution in [-0.4, -0.2) is 17.7 Å². The minimum Gasteiger partial charge on any atom is -0.322 e. The molecule has 1 aliphatic heterocycles. The Morgan fingerprint density at radius 2 is 1.89 bits per heavy atom. The van der Waals surface area contributed by atoms with E-state index in [1.165, 1.54) is 6.07 Å². The lowest BCUT2D eigenvalue weighted by Crippen LogP contribution is -2.51. The van der Waals surface area contributed by atoms with E-state index in [0.717, 1.165) is 5.56 Å². The van der Waals surface area contributed by atoms with Crippen molar-refractivity contribution in [2.75, 3.05) is 5.32 Å². The number of carbonyl (C=O) groups excluding carboxylic acids is 3. The summed E-state index contributed by atoms with van der Waals surface area (Å²) in [6, 6.07) is 11.3. The number of piperidine rings is 1. The second-order valence-electron chi connectivity index (χ2n) is 6.81. The molecule has 0 saturated carbocycles. The summed E-state index contributed by atoms with van der Waals surface area (Å²) in [5.41, 5.74) is 1.32. The molecule has 2 aromatic carbocycles. The van der Waals surface area contributed by atoms with Crippen LogP contribution in [0.25, 0.3) is 0 Å². The first kappa shape index (κ1) is 18.8. The third-order valence-corrected chi connectivity index (χ3v) is 5.20. The third-order valence-electron chi connectivity index (χ3n) is 5.20. The Morgan fingerprint density at radius 1 is 1.19 bits per heavy atom. The van der Waals surface area contributed by atoms with Gasteiger partial charge in [-0.1, -0.05) is 25.1 Å². The van der Waals surface area contributed by atoms with Crippen molar-refractivity contribution in [1.82, 2.24) is 5.32 Å². The summed E-state index contributed by atoms with van der Waals surface area (Å²) in [7, 11) is 0. The molecule has 2 N–H and O–H groups in total. The number of nitrogens with one attached hydrogen (secondary N) is 2. The molecular weight excluding hydrogens is 347 g/mol. The number of hydrogen-bond acceptors (Lipinski definition) is 3. The van der Waals surface area contributed by atoms with E-state index in [-0.39, 0.29) is 17.4 Å². The number of benzene rings is 2. The minimum absolute atomic E-state index is 0.234. The number of imide groups is 1. The average Bonchev–Trinajstić information content (AvgIpc) is 2.65. The van der Waals surface area contributed by atoms with Crippen LogP contribution in [0.4, 0.5) is 10.1 Å². The van der Waals surface area contributed by atoms with Gasteiger partial charge in [0.15, 0.2) is 0 Å². The van der Waals surface area contributed by atoms with Gasteiger partial charge >= 0.3 is 0 Å². The van der Waals surface area contributed by atoms with Crippen LogP contribution >= 0.6 is 0 Å². The Kier molecular flexibility index (Phi) is 5.08. The Balaban J connectivity index is 1.78. The van der Waals surface area contributed by atoms with Crippen LogP contribution in [-0.2, 0) is 15.0 Å². The van der Waals surface area contributed by atoms with Crippen LogP contribution < -0.4 is 10.6 Å². The molecule has 6 heteroatoms. The van der Waals surface area contributed by atoms with Crippen molar-refractivity contribution < 1.29 is 18.8 Å². The Labute approximate surface area is 157 Å². The molecule has 5 nitrogen and oxygen atoms in total. The molecule has 1 saturated heterocycles. The predicted molar refractivity (Wildman–Crippen MR) is 99.9 cm³/mol. The molecule has 0 spiro atoms. The Bertz CT molecular complexity index is 908. The van der Waals surface area contributed by atoms with Crippen LogP contribution in [0, 0.1) is 12.7 Å². The quantitative estimate of drug-likeness (QED) is 0.812. The van der Waals surface area contributed by atoms with Gasteiger partial charge in [-0.2, -0.15) is 0 Å². The van der Waals surface area contributed by atoms with Crippen molar-refractivity contribution in [3.8, 4) is 0 Å². The molecule has 0 aromatic heterocycles. The first-order chi connectivity index (χ1) is 12.9. The lowest BCUT2D eigenvalue weighted by atomic mass is 9.72. The average molecular weight is 368 g/mol.